The van der Waals surface area contributed by atoms with Crippen molar-refractivity contribution in [2.75, 3.05) is 0 Å². The number of aliphatic hydroxyl groups excluding tert-OH is 1. The highest BCUT2D eigenvalue weighted by atomic mass is 16.3. The van der Waals surface area contributed by atoms with Crippen molar-refractivity contribution in [1.82, 2.24) is 0 Å². The molecule has 0 aromatic heterocycles. The van der Waals surface area contributed by atoms with Crippen molar-refractivity contribution in [3.63, 3.8) is 0 Å². The monoisotopic (exact) mass is 198 g/mol. The standard InChI is InChI=1S/C13H26O/c1-5-9(2)12-7-6-10(3)13(14)11(4)8-12/h9-14H,5-8H2,1-4H3. The molecular weight excluding hydrogens is 172 g/mol. The Morgan fingerprint density at radius 3 is 2.43 bits per heavy atom. The van der Waals surface area contributed by atoms with Crippen LogP contribution in [0.25, 0.3) is 0 Å². The Morgan fingerprint density at radius 1 is 1.21 bits per heavy atom. The van der Waals surface area contributed by atoms with Gasteiger partial charge in [-0.25, -0.2) is 0 Å². The zero-order valence-corrected chi connectivity index (χ0v) is 10.2. The van der Waals surface area contributed by atoms with Crippen LogP contribution in [0.1, 0.15) is 53.4 Å². The third kappa shape index (κ3) is 2.73. The smallest absolute Gasteiger partial charge is 0.0591 e. The highest BCUT2D eigenvalue weighted by Crippen LogP contribution is 2.35. The molecule has 1 heteroatoms. The fourth-order valence-electron chi connectivity index (χ4n) is 2.79. The van der Waals surface area contributed by atoms with Gasteiger partial charge in [-0.15, -0.1) is 0 Å². The van der Waals surface area contributed by atoms with Crippen LogP contribution in [0.2, 0.25) is 0 Å². The molecule has 1 aliphatic rings. The second-order valence-corrected chi connectivity index (χ2v) is 5.40. The molecule has 1 fully saturated rings. The molecule has 0 spiro atoms. The summed E-state index contributed by atoms with van der Waals surface area (Å²) in [6, 6.07) is 0. The lowest BCUT2D eigenvalue weighted by Gasteiger charge is -2.24. The molecule has 0 aliphatic heterocycles. The van der Waals surface area contributed by atoms with Gasteiger partial charge in [-0.1, -0.05) is 34.1 Å². The van der Waals surface area contributed by atoms with Gasteiger partial charge in [0, 0.05) is 0 Å². The molecule has 1 nitrogen and oxygen atoms in total. The number of rotatable bonds is 2. The lowest BCUT2D eigenvalue weighted by atomic mass is 9.83. The molecule has 14 heavy (non-hydrogen) atoms. The summed E-state index contributed by atoms with van der Waals surface area (Å²) in [5, 5.41) is 10.00. The zero-order chi connectivity index (χ0) is 10.7. The van der Waals surface area contributed by atoms with E-state index in [1.165, 1.54) is 25.7 Å². The summed E-state index contributed by atoms with van der Waals surface area (Å²) in [6.45, 7) is 9.04. The average molecular weight is 198 g/mol. The van der Waals surface area contributed by atoms with Gasteiger partial charge in [0.25, 0.3) is 0 Å². The van der Waals surface area contributed by atoms with Gasteiger partial charge in [-0.3, -0.25) is 0 Å². The second kappa shape index (κ2) is 5.16. The van der Waals surface area contributed by atoms with Gasteiger partial charge in [-0.2, -0.15) is 0 Å². The summed E-state index contributed by atoms with van der Waals surface area (Å²) >= 11 is 0. The van der Waals surface area contributed by atoms with E-state index < -0.39 is 0 Å². The van der Waals surface area contributed by atoms with Crippen molar-refractivity contribution in [3.8, 4) is 0 Å². The first kappa shape index (κ1) is 12.0. The Balaban J connectivity index is 2.58. The highest BCUT2D eigenvalue weighted by Gasteiger charge is 2.30. The van der Waals surface area contributed by atoms with Gasteiger partial charge in [0.05, 0.1) is 6.10 Å². The normalized spacial score (nSPS) is 41.8. The van der Waals surface area contributed by atoms with Gasteiger partial charge < -0.3 is 5.11 Å². The first-order valence-electron chi connectivity index (χ1n) is 6.24. The maximum absolute atomic E-state index is 10.00. The van der Waals surface area contributed by atoms with Crippen LogP contribution in [0.5, 0.6) is 0 Å². The van der Waals surface area contributed by atoms with Crippen LogP contribution in [-0.2, 0) is 0 Å². The molecular formula is C13H26O. The Hall–Kier alpha value is -0.0400. The summed E-state index contributed by atoms with van der Waals surface area (Å²) < 4.78 is 0. The van der Waals surface area contributed by atoms with E-state index in [0.717, 1.165) is 11.8 Å². The van der Waals surface area contributed by atoms with E-state index in [1.807, 2.05) is 0 Å². The maximum atomic E-state index is 10.00. The summed E-state index contributed by atoms with van der Waals surface area (Å²) in [7, 11) is 0. The number of hydrogen-bond donors (Lipinski definition) is 1. The molecule has 0 amide bonds. The molecule has 1 saturated carbocycles. The van der Waals surface area contributed by atoms with Gasteiger partial charge >= 0.3 is 0 Å². The van der Waals surface area contributed by atoms with Gasteiger partial charge in [-0.05, 0) is 42.9 Å². The van der Waals surface area contributed by atoms with Crippen molar-refractivity contribution in [2.45, 2.75) is 59.5 Å². The molecule has 0 saturated heterocycles. The predicted octanol–water partition coefficient (Wildman–Crippen LogP) is 3.47. The van der Waals surface area contributed by atoms with E-state index in [2.05, 4.69) is 27.7 Å². The SMILES string of the molecule is CCC(C)C1CCC(C)C(O)C(C)C1. The Bertz CT molecular complexity index is 167. The van der Waals surface area contributed by atoms with Crippen LogP contribution in [0, 0.1) is 23.7 Å². The lowest BCUT2D eigenvalue weighted by Crippen LogP contribution is -2.24. The molecule has 1 rings (SSSR count). The summed E-state index contributed by atoms with van der Waals surface area (Å²) in [6.07, 6.45) is 4.96. The van der Waals surface area contributed by atoms with Crippen LogP contribution in [-0.4, -0.2) is 11.2 Å². The third-order valence-electron chi connectivity index (χ3n) is 4.28. The van der Waals surface area contributed by atoms with Crippen LogP contribution in [0.3, 0.4) is 0 Å². The topological polar surface area (TPSA) is 20.2 Å². The molecule has 1 aliphatic carbocycles. The van der Waals surface area contributed by atoms with E-state index >= 15 is 0 Å². The van der Waals surface area contributed by atoms with Crippen molar-refractivity contribution in [3.05, 3.63) is 0 Å². The molecule has 84 valence electrons. The van der Waals surface area contributed by atoms with Gasteiger partial charge in [0.1, 0.15) is 0 Å². The molecule has 0 heterocycles. The van der Waals surface area contributed by atoms with Gasteiger partial charge in [0.2, 0.25) is 0 Å². The molecule has 1 N–H and O–H groups in total. The Kier molecular flexibility index (Phi) is 4.43. The fourth-order valence-corrected chi connectivity index (χ4v) is 2.79. The van der Waals surface area contributed by atoms with Crippen molar-refractivity contribution < 1.29 is 5.11 Å². The zero-order valence-electron chi connectivity index (χ0n) is 10.2. The highest BCUT2D eigenvalue weighted by molar-refractivity contribution is 4.80. The van der Waals surface area contributed by atoms with Crippen molar-refractivity contribution in [2.24, 2.45) is 23.7 Å². The van der Waals surface area contributed by atoms with Crippen molar-refractivity contribution in [1.29, 1.82) is 0 Å². The van der Waals surface area contributed by atoms with E-state index in [0.29, 0.717) is 11.8 Å². The second-order valence-electron chi connectivity index (χ2n) is 5.40. The third-order valence-corrected chi connectivity index (χ3v) is 4.28. The Morgan fingerprint density at radius 2 is 1.86 bits per heavy atom. The van der Waals surface area contributed by atoms with E-state index in [-0.39, 0.29) is 6.10 Å². The van der Waals surface area contributed by atoms with Crippen LogP contribution >= 0.6 is 0 Å². The Labute approximate surface area is 88.9 Å². The van der Waals surface area contributed by atoms with Crippen molar-refractivity contribution >= 4 is 0 Å². The minimum atomic E-state index is -0.0657. The largest absolute Gasteiger partial charge is 0.393 e. The molecule has 0 aromatic carbocycles. The van der Waals surface area contributed by atoms with Gasteiger partial charge in [0.15, 0.2) is 0 Å². The maximum Gasteiger partial charge on any atom is 0.0591 e. The molecule has 5 unspecified atom stereocenters. The van der Waals surface area contributed by atoms with Crippen LogP contribution in [0.15, 0.2) is 0 Å². The fraction of sp³-hybridized carbons (Fsp3) is 1.00. The minimum absolute atomic E-state index is 0.0657. The predicted molar refractivity (Wildman–Crippen MR) is 61.1 cm³/mol. The first-order chi connectivity index (χ1) is 6.56. The van der Waals surface area contributed by atoms with E-state index in [4.69, 9.17) is 0 Å². The quantitative estimate of drug-likeness (QED) is 0.674. The molecule has 0 bridgehead atoms. The summed E-state index contributed by atoms with van der Waals surface area (Å²) in [4.78, 5) is 0. The summed E-state index contributed by atoms with van der Waals surface area (Å²) in [5.41, 5.74) is 0. The molecule has 0 radical (unpaired) electrons. The first-order valence-corrected chi connectivity index (χ1v) is 6.24. The number of aliphatic hydroxyl groups is 1. The molecule has 0 aromatic rings. The molecule has 5 atom stereocenters. The van der Waals surface area contributed by atoms with Crippen LogP contribution < -0.4 is 0 Å². The minimum Gasteiger partial charge on any atom is -0.393 e. The van der Waals surface area contributed by atoms with E-state index in [9.17, 15) is 5.11 Å². The lowest BCUT2D eigenvalue weighted by molar-refractivity contribution is 0.0645. The number of hydrogen-bond acceptors (Lipinski definition) is 1. The summed E-state index contributed by atoms with van der Waals surface area (Å²) in [5.74, 6) is 2.66. The van der Waals surface area contributed by atoms with E-state index in [1.54, 1.807) is 0 Å². The van der Waals surface area contributed by atoms with Crippen LogP contribution in [0.4, 0.5) is 0 Å². The average Bonchev–Trinajstić information content (AvgIpc) is 2.31.